The molecule has 0 radical (unpaired) electrons. The van der Waals surface area contributed by atoms with Crippen LogP contribution >= 0.6 is 0 Å². The summed E-state index contributed by atoms with van der Waals surface area (Å²) in [7, 11) is 1.63. The van der Waals surface area contributed by atoms with Gasteiger partial charge in [0.25, 0.3) is 0 Å². The molecule has 0 amide bonds. The molecule has 104 valence electrons. The Labute approximate surface area is 118 Å². The van der Waals surface area contributed by atoms with E-state index in [0.717, 1.165) is 17.1 Å². The first-order chi connectivity index (χ1) is 9.72. The first kappa shape index (κ1) is 13.9. The van der Waals surface area contributed by atoms with Crippen LogP contribution in [0, 0.1) is 0 Å². The van der Waals surface area contributed by atoms with Crippen LogP contribution in [-0.2, 0) is 4.74 Å². The molecule has 0 heterocycles. The van der Waals surface area contributed by atoms with Crippen molar-refractivity contribution in [2.75, 3.05) is 19.0 Å². The molecule has 0 aliphatic rings. The molecule has 0 aliphatic carbocycles. The van der Waals surface area contributed by atoms with E-state index < -0.39 is 0 Å². The molecule has 4 nitrogen and oxygen atoms in total. The van der Waals surface area contributed by atoms with Crippen molar-refractivity contribution in [3.8, 4) is 5.75 Å². The van der Waals surface area contributed by atoms with Crippen molar-refractivity contribution in [2.45, 2.75) is 6.92 Å². The number of hydrogen-bond donors (Lipinski definition) is 1. The minimum absolute atomic E-state index is 0.318. The van der Waals surface area contributed by atoms with Crippen molar-refractivity contribution in [1.82, 2.24) is 0 Å². The predicted molar refractivity (Wildman–Crippen MR) is 78.7 cm³/mol. The fourth-order valence-electron chi connectivity index (χ4n) is 1.81. The van der Waals surface area contributed by atoms with E-state index >= 15 is 0 Å². The number of benzene rings is 2. The number of rotatable bonds is 5. The van der Waals surface area contributed by atoms with E-state index in [1.807, 2.05) is 36.4 Å². The molecule has 1 N–H and O–H groups in total. The Morgan fingerprint density at radius 3 is 2.50 bits per heavy atom. The smallest absolute Gasteiger partial charge is 0.338 e. The second kappa shape index (κ2) is 6.61. The fraction of sp³-hybridized carbons (Fsp3) is 0.188. The molecule has 0 saturated heterocycles. The molecule has 2 aromatic rings. The van der Waals surface area contributed by atoms with E-state index in [1.54, 1.807) is 26.2 Å². The van der Waals surface area contributed by atoms with Crippen molar-refractivity contribution >= 4 is 17.3 Å². The Morgan fingerprint density at radius 2 is 1.80 bits per heavy atom. The maximum absolute atomic E-state index is 11.7. The maximum atomic E-state index is 11.7. The Morgan fingerprint density at radius 1 is 1.10 bits per heavy atom. The van der Waals surface area contributed by atoms with E-state index in [9.17, 15) is 4.79 Å². The molecule has 4 heteroatoms. The van der Waals surface area contributed by atoms with Gasteiger partial charge in [0.15, 0.2) is 0 Å². The van der Waals surface area contributed by atoms with Crippen molar-refractivity contribution in [1.29, 1.82) is 0 Å². The van der Waals surface area contributed by atoms with Gasteiger partial charge in [-0.25, -0.2) is 4.79 Å². The van der Waals surface area contributed by atoms with Crippen LogP contribution in [0.2, 0.25) is 0 Å². The van der Waals surface area contributed by atoms with E-state index in [2.05, 4.69) is 5.32 Å². The summed E-state index contributed by atoms with van der Waals surface area (Å²) in [6.07, 6.45) is 0. The SMILES string of the molecule is CCOC(=O)c1cccc(Nc2cccc(OC)c2)c1. The molecule has 0 bridgehead atoms. The molecule has 0 aromatic heterocycles. The highest BCUT2D eigenvalue weighted by Crippen LogP contribution is 2.22. The molecule has 0 fully saturated rings. The molecule has 2 aromatic carbocycles. The van der Waals surface area contributed by atoms with Crippen LogP contribution in [0.4, 0.5) is 11.4 Å². The van der Waals surface area contributed by atoms with Crippen molar-refractivity contribution in [3.05, 3.63) is 54.1 Å². The lowest BCUT2D eigenvalue weighted by Crippen LogP contribution is -2.04. The number of carbonyl (C=O) groups is 1. The Bertz CT molecular complexity index is 596. The molecular formula is C16H17NO3. The molecular weight excluding hydrogens is 254 g/mol. The number of hydrogen-bond acceptors (Lipinski definition) is 4. The van der Waals surface area contributed by atoms with Crippen molar-refractivity contribution in [2.24, 2.45) is 0 Å². The summed E-state index contributed by atoms with van der Waals surface area (Å²) in [4.78, 5) is 11.7. The molecule has 0 atom stereocenters. The van der Waals surface area contributed by atoms with Gasteiger partial charge in [0.1, 0.15) is 5.75 Å². The average molecular weight is 271 g/mol. The van der Waals surface area contributed by atoms with Gasteiger partial charge in [-0.05, 0) is 37.3 Å². The van der Waals surface area contributed by atoms with E-state index in [0.29, 0.717) is 12.2 Å². The third-order valence-electron chi connectivity index (χ3n) is 2.73. The summed E-state index contributed by atoms with van der Waals surface area (Å²) >= 11 is 0. The quantitative estimate of drug-likeness (QED) is 0.844. The molecule has 20 heavy (non-hydrogen) atoms. The largest absolute Gasteiger partial charge is 0.497 e. The summed E-state index contributed by atoms with van der Waals surface area (Å²) in [6.45, 7) is 2.16. The minimum atomic E-state index is -0.318. The van der Waals surface area contributed by atoms with Crippen LogP contribution in [0.15, 0.2) is 48.5 Å². The van der Waals surface area contributed by atoms with Gasteiger partial charge in [-0.2, -0.15) is 0 Å². The van der Waals surface area contributed by atoms with Gasteiger partial charge in [-0.1, -0.05) is 12.1 Å². The van der Waals surface area contributed by atoms with Gasteiger partial charge in [-0.3, -0.25) is 0 Å². The van der Waals surface area contributed by atoms with Gasteiger partial charge in [0, 0.05) is 17.4 Å². The number of ether oxygens (including phenoxy) is 2. The zero-order valence-corrected chi connectivity index (χ0v) is 11.6. The number of nitrogens with one attached hydrogen (secondary N) is 1. The predicted octanol–water partition coefficient (Wildman–Crippen LogP) is 3.62. The third kappa shape index (κ3) is 3.51. The Balaban J connectivity index is 2.16. The zero-order valence-electron chi connectivity index (χ0n) is 11.6. The minimum Gasteiger partial charge on any atom is -0.497 e. The third-order valence-corrected chi connectivity index (χ3v) is 2.73. The first-order valence-corrected chi connectivity index (χ1v) is 6.41. The summed E-state index contributed by atoms with van der Waals surface area (Å²) in [5, 5.41) is 3.23. The summed E-state index contributed by atoms with van der Waals surface area (Å²) in [5.74, 6) is 0.457. The first-order valence-electron chi connectivity index (χ1n) is 6.41. The molecule has 0 unspecified atom stereocenters. The van der Waals surface area contributed by atoms with Crippen LogP contribution in [0.1, 0.15) is 17.3 Å². The lowest BCUT2D eigenvalue weighted by molar-refractivity contribution is 0.0526. The molecule has 0 spiro atoms. The topological polar surface area (TPSA) is 47.6 Å². The van der Waals surface area contributed by atoms with Crippen LogP contribution in [0.3, 0.4) is 0 Å². The number of esters is 1. The monoisotopic (exact) mass is 271 g/mol. The Kier molecular flexibility index (Phi) is 4.60. The summed E-state index contributed by atoms with van der Waals surface area (Å²) in [6, 6.07) is 14.8. The van der Waals surface area contributed by atoms with E-state index in [1.165, 1.54) is 0 Å². The lowest BCUT2D eigenvalue weighted by Gasteiger charge is -2.09. The summed E-state index contributed by atoms with van der Waals surface area (Å²) < 4.78 is 10.2. The van der Waals surface area contributed by atoms with Crippen LogP contribution in [0.25, 0.3) is 0 Å². The highest BCUT2D eigenvalue weighted by atomic mass is 16.5. The standard InChI is InChI=1S/C16H17NO3/c1-3-20-16(18)12-6-4-7-13(10-12)17-14-8-5-9-15(11-14)19-2/h4-11,17H,3H2,1-2H3. The lowest BCUT2D eigenvalue weighted by atomic mass is 10.2. The van der Waals surface area contributed by atoms with Gasteiger partial charge < -0.3 is 14.8 Å². The molecule has 0 aliphatic heterocycles. The maximum Gasteiger partial charge on any atom is 0.338 e. The summed E-state index contributed by atoms with van der Waals surface area (Å²) in [5.41, 5.74) is 2.24. The van der Waals surface area contributed by atoms with Gasteiger partial charge in [0.2, 0.25) is 0 Å². The Hall–Kier alpha value is -2.49. The van der Waals surface area contributed by atoms with E-state index in [4.69, 9.17) is 9.47 Å². The molecule has 0 saturated carbocycles. The van der Waals surface area contributed by atoms with Crippen molar-refractivity contribution < 1.29 is 14.3 Å². The zero-order chi connectivity index (χ0) is 14.4. The van der Waals surface area contributed by atoms with Crippen LogP contribution < -0.4 is 10.1 Å². The average Bonchev–Trinajstić information content (AvgIpc) is 2.48. The van der Waals surface area contributed by atoms with Crippen LogP contribution in [-0.4, -0.2) is 19.7 Å². The van der Waals surface area contributed by atoms with Crippen LogP contribution in [0.5, 0.6) is 5.75 Å². The van der Waals surface area contributed by atoms with Gasteiger partial charge in [-0.15, -0.1) is 0 Å². The van der Waals surface area contributed by atoms with Gasteiger partial charge in [0.05, 0.1) is 19.3 Å². The fourth-order valence-corrected chi connectivity index (χ4v) is 1.81. The van der Waals surface area contributed by atoms with E-state index in [-0.39, 0.29) is 5.97 Å². The second-order valence-electron chi connectivity index (χ2n) is 4.16. The number of carbonyl (C=O) groups excluding carboxylic acids is 1. The normalized spacial score (nSPS) is 9.90. The van der Waals surface area contributed by atoms with Crippen molar-refractivity contribution in [3.63, 3.8) is 0 Å². The number of methoxy groups -OCH3 is 1. The highest BCUT2D eigenvalue weighted by Gasteiger charge is 2.06. The molecule has 2 rings (SSSR count). The highest BCUT2D eigenvalue weighted by molar-refractivity contribution is 5.90. The second-order valence-corrected chi connectivity index (χ2v) is 4.16. The number of anilines is 2. The van der Waals surface area contributed by atoms with Gasteiger partial charge >= 0.3 is 5.97 Å².